The van der Waals surface area contributed by atoms with Crippen molar-refractivity contribution >= 4 is 5.97 Å². The van der Waals surface area contributed by atoms with Crippen LogP contribution in [0, 0.1) is 0 Å². The van der Waals surface area contributed by atoms with Crippen molar-refractivity contribution in [2.45, 2.75) is 13.1 Å². The summed E-state index contributed by atoms with van der Waals surface area (Å²) in [5.74, 6) is -0.653. The first-order valence-electron chi connectivity index (χ1n) is 4.01. The molecule has 0 bridgehead atoms. The average molecular weight is 220 g/mol. The molecule has 0 aromatic rings. The van der Waals surface area contributed by atoms with Gasteiger partial charge in [-0.15, -0.1) is 0 Å². The lowest BCUT2D eigenvalue weighted by Gasteiger charge is -2.12. The van der Waals surface area contributed by atoms with Gasteiger partial charge in [-0.05, 0) is 0 Å². The van der Waals surface area contributed by atoms with Gasteiger partial charge >= 0.3 is 12.1 Å². The quantitative estimate of drug-likeness (QED) is 0.538. The lowest BCUT2D eigenvalue weighted by molar-refractivity contribution is -0.140. The summed E-state index contributed by atoms with van der Waals surface area (Å²) in [4.78, 5) is 10.4. The molecule has 0 aliphatic rings. The third-order valence-electron chi connectivity index (χ3n) is 1.53. The van der Waals surface area contributed by atoms with E-state index in [1.54, 1.807) is 0 Å². The molecular formula is C10H11F3O2. The van der Waals surface area contributed by atoms with Gasteiger partial charge in [0.2, 0.25) is 0 Å². The third-order valence-corrected chi connectivity index (χ3v) is 1.53. The van der Waals surface area contributed by atoms with Crippen molar-refractivity contribution in [1.82, 2.24) is 0 Å². The maximum atomic E-state index is 12.4. The highest BCUT2D eigenvalue weighted by Gasteiger charge is 2.33. The minimum absolute atomic E-state index is 0.215. The first-order chi connectivity index (χ1) is 6.82. The smallest absolute Gasteiger partial charge is 0.416 e. The average Bonchev–Trinajstić information content (AvgIpc) is 2.09. The summed E-state index contributed by atoms with van der Waals surface area (Å²) >= 11 is 0. The Balaban J connectivity index is 5.00. The lowest BCUT2D eigenvalue weighted by Crippen LogP contribution is -2.15. The summed E-state index contributed by atoms with van der Waals surface area (Å²) in [5.41, 5.74) is -1.16. The zero-order chi connectivity index (χ0) is 12.1. The molecule has 0 amide bonds. The van der Waals surface area contributed by atoms with Crippen LogP contribution >= 0.6 is 0 Å². The molecule has 0 heterocycles. The van der Waals surface area contributed by atoms with Crippen molar-refractivity contribution in [3.63, 3.8) is 0 Å². The maximum Gasteiger partial charge on any atom is 0.416 e. The largest absolute Gasteiger partial charge is 0.461 e. The van der Waals surface area contributed by atoms with Gasteiger partial charge in [-0.3, -0.25) is 4.79 Å². The molecule has 0 fully saturated rings. The van der Waals surface area contributed by atoms with Crippen LogP contribution in [0.4, 0.5) is 13.2 Å². The Morgan fingerprint density at radius 2 is 1.87 bits per heavy atom. The van der Waals surface area contributed by atoms with E-state index in [-0.39, 0.29) is 5.57 Å². The fraction of sp³-hybridized carbons (Fsp3) is 0.300. The van der Waals surface area contributed by atoms with Crippen molar-refractivity contribution in [2.75, 3.05) is 6.61 Å². The number of alkyl halides is 3. The van der Waals surface area contributed by atoms with Gasteiger partial charge < -0.3 is 4.74 Å². The number of rotatable bonds is 4. The van der Waals surface area contributed by atoms with Gasteiger partial charge in [0.15, 0.2) is 0 Å². The highest BCUT2D eigenvalue weighted by atomic mass is 19.4. The molecule has 0 aliphatic carbocycles. The first kappa shape index (κ1) is 13.5. The van der Waals surface area contributed by atoms with Gasteiger partial charge in [0.1, 0.15) is 6.61 Å². The lowest BCUT2D eigenvalue weighted by atomic mass is 10.1. The molecule has 5 heteroatoms. The number of hydrogen-bond donors (Lipinski definition) is 0. The number of ether oxygens (including phenoxy) is 1. The minimum atomic E-state index is -4.52. The maximum absolute atomic E-state index is 12.4. The summed E-state index contributed by atoms with van der Waals surface area (Å²) in [6.45, 7) is 6.94. The topological polar surface area (TPSA) is 26.3 Å². The molecule has 15 heavy (non-hydrogen) atoms. The summed E-state index contributed by atoms with van der Waals surface area (Å²) in [7, 11) is 0. The molecule has 0 aromatic heterocycles. The normalized spacial score (nSPS) is 12.8. The second-order valence-corrected chi connectivity index (χ2v) is 2.63. The van der Waals surface area contributed by atoms with Crippen molar-refractivity contribution < 1.29 is 22.7 Å². The van der Waals surface area contributed by atoms with Gasteiger partial charge in [-0.1, -0.05) is 25.3 Å². The van der Waals surface area contributed by atoms with Gasteiger partial charge in [-0.25, -0.2) is 0 Å². The van der Waals surface area contributed by atoms with E-state index >= 15 is 0 Å². The van der Waals surface area contributed by atoms with E-state index in [4.69, 9.17) is 0 Å². The van der Waals surface area contributed by atoms with Crippen LogP contribution < -0.4 is 0 Å². The van der Waals surface area contributed by atoms with Crippen LogP contribution in [0.5, 0.6) is 0 Å². The van der Waals surface area contributed by atoms with Crippen LogP contribution in [-0.2, 0) is 9.53 Å². The number of halogens is 3. The number of allylic oxidation sites excluding steroid dienone is 2. The summed E-state index contributed by atoms with van der Waals surface area (Å²) in [6, 6.07) is 0. The number of carbonyl (C=O) groups excluding carboxylic acids is 1. The van der Waals surface area contributed by atoms with E-state index < -0.39 is 24.3 Å². The van der Waals surface area contributed by atoms with E-state index in [0.717, 1.165) is 13.0 Å². The predicted octanol–water partition coefficient (Wildman–Crippen LogP) is 2.78. The van der Waals surface area contributed by atoms with E-state index in [2.05, 4.69) is 17.9 Å². The Bertz CT molecular complexity index is 300. The van der Waals surface area contributed by atoms with E-state index in [1.165, 1.54) is 0 Å². The molecule has 0 rings (SSSR count). The molecule has 0 aromatic carbocycles. The van der Waals surface area contributed by atoms with Crippen molar-refractivity contribution in [2.24, 2.45) is 0 Å². The van der Waals surface area contributed by atoms with E-state index in [0.29, 0.717) is 6.08 Å². The van der Waals surface area contributed by atoms with E-state index in [1.807, 2.05) is 0 Å². The molecule has 0 radical (unpaired) electrons. The molecule has 0 atom stereocenters. The molecule has 0 aliphatic heterocycles. The van der Waals surface area contributed by atoms with Crippen LogP contribution in [0.25, 0.3) is 0 Å². The summed E-state index contributed by atoms with van der Waals surface area (Å²) in [6.07, 6.45) is -2.86. The molecule has 84 valence electrons. The van der Waals surface area contributed by atoms with Crippen molar-refractivity contribution in [3.05, 3.63) is 36.5 Å². The second-order valence-electron chi connectivity index (χ2n) is 2.63. The van der Waals surface area contributed by atoms with Crippen LogP contribution in [-0.4, -0.2) is 18.8 Å². The zero-order valence-corrected chi connectivity index (χ0v) is 8.23. The van der Waals surface area contributed by atoms with Crippen LogP contribution in [0.3, 0.4) is 0 Å². The molecule has 0 N–H and O–H groups in total. The van der Waals surface area contributed by atoms with Crippen molar-refractivity contribution in [3.8, 4) is 0 Å². The van der Waals surface area contributed by atoms with Gasteiger partial charge in [0.05, 0.1) is 5.57 Å². The van der Waals surface area contributed by atoms with Gasteiger partial charge in [-0.2, -0.15) is 13.2 Å². The SMILES string of the molecule is C=C/C(COC(C)=O)=C(\C=C)C(F)(F)F. The van der Waals surface area contributed by atoms with Crippen LogP contribution in [0.15, 0.2) is 36.5 Å². The number of carbonyl (C=O) groups is 1. The zero-order valence-electron chi connectivity index (χ0n) is 8.23. The Morgan fingerprint density at radius 3 is 2.13 bits per heavy atom. The third kappa shape index (κ3) is 4.49. The number of hydrogen-bond acceptors (Lipinski definition) is 2. The van der Waals surface area contributed by atoms with E-state index in [9.17, 15) is 18.0 Å². The molecule has 0 saturated carbocycles. The second kappa shape index (κ2) is 5.38. The molecular weight excluding hydrogens is 209 g/mol. The highest BCUT2D eigenvalue weighted by Crippen LogP contribution is 2.29. The van der Waals surface area contributed by atoms with Crippen molar-refractivity contribution in [1.29, 1.82) is 0 Å². The Hall–Kier alpha value is -1.52. The van der Waals surface area contributed by atoms with Crippen LogP contribution in [0.1, 0.15) is 6.92 Å². The fourth-order valence-corrected chi connectivity index (χ4v) is 0.855. The molecule has 0 saturated heterocycles. The standard InChI is InChI=1S/C10H11F3O2/c1-4-8(6-15-7(3)14)9(5-2)10(11,12)13/h4-5H,1-2,6H2,3H3/b9-8-. The molecule has 0 unspecified atom stereocenters. The highest BCUT2D eigenvalue weighted by molar-refractivity contribution is 5.66. The van der Waals surface area contributed by atoms with Gasteiger partial charge in [0.25, 0.3) is 0 Å². The fourth-order valence-electron chi connectivity index (χ4n) is 0.855. The molecule has 0 spiro atoms. The van der Waals surface area contributed by atoms with Crippen LogP contribution in [0.2, 0.25) is 0 Å². The Labute approximate surface area is 85.7 Å². The Morgan fingerprint density at radius 1 is 1.33 bits per heavy atom. The minimum Gasteiger partial charge on any atom is -0.461 e. The predicted molar refractivity (Wildman–Crippen MR) is 50.1 cm³/mol. The monoisotopic (exact) mass is 220 g/mol. The Kier molecular flexibility index (Phi) is 4.84. The number of esters is 1. The first-order valence-corrected chi connectivity index (χ1v) is 4.01. The summed E-state index contributed by atoms with van der Waals surface area (Å²) in [5, 5.41) is 0. The summed E-state index contributed by atoms with van der Waals surface area (Å²) < 4.78 is 41.6. The molecule has 2 nitrogen and oxygen atoms in total. The van der Waals surface area contributed by atoms with Gasteiger partial charge in [0, 0.05) is 12.5 Å².